The molecule has 0 amide bonds. The first-order chi connectivity index (χ1) is 26.7. The summed E-state index contributed by atoms with van der Waals surface area (Å²) in [5.74, 6) is 2.98. The Bertz CT molecular complexity index is 2720. The van der Waals surface area contributed by atoms with Gasteiger partial charge in [0, 0.05) is 28.5 Å². The highest BCUT2D eigenvalue weighted by Gasteiger charge is 2.51. The molecular formula is C49H32N4O. The summed E-state index contributed by atoms with van der Waals surface area (Å²) in [4.78, 5) is 13.7. The van der Waals surface area contributed by atoms with Crippen molar-refractivity contribution in [1.82, 2.24) is 15.0 Å². The quantitative estimate of drug-likeness (QED) is 0.176. The highest BCUT2D eigenvalue weighted by atomic mass is 16.5. The Hall–Kier alpha value is -7.24. The Morgan fingerprint density at radius 2 is 0.981 bits per heavy atom. The zero-order valence-electron chi connectivity index (χ0n) is 29.1. The summed E-state index contributed by atoms with van der Waals surface area (Å²) < 4.78 is 6.82. The number of nitrogens with one attached hydrogen (secondary N) is 1. The first-order valence-electron chi connectivity index (χ1n) is 18.0. The lowest BCUT2D eigenvalue weighted by atomic mass is 9.65. The second-order valence-corrected chi connectivity index (χ2v) is 13.6. The summed E-state index contributed by atoms with van der Waals surface area (Å²) in [5.41, 5.74) is 13.9. The van der Waals surface area contributed by atoms with Crippen LogP contribution in [0.3, 0.4) is 0 Å². The molecule has 1 spiro atoms. The number of hydrogen-bond donors (Lipinski definition) is 1. The van der Waals surface area contributed by atoms with Gasteiger partial charge in [-0.2, -0.15) is 0 Å². The van der Waals surface area contributed by atoms with Gasteiger partial charge in [-0.25, -0.2) is 15.0 Å². The minimum Gasteiger partial charge on any atom is -0.457 e. The fourth-order valence-electron chi connectivity index (χ4n) is 8.22. The van der Waals surface area contributed by atoms with Crippen LogP contribution in [0.5, 0.6) is 11.5 Å². The zero-order valence-corrected chi connectivity index (χ0v) is 29.1. The zero-order chi connectivity index (χ0) is 36.1. The molecule has 1 aliphatic carbocycles. The average Bonchev–Trinajstić information content (AvgIpc) is 3.54. The molecule has 0 atom stereocenters. The number of fused-ring (bicyclic) bond motifs is 9. The van der Waals surface area contributed by atoms with Gasteiger partial charge in [0.15, 0.2) is 11.6 Å². The van der Waals surface area contributed by atoms with Crippen molar-refractivity contribution in [1.29, 1.82) is 5.41 Å². The Morgan fingerprint density at radius 1 is 0.463 bits per heavy atom. The molecule has 54 heavy (non-hydrogen) atoms. The van der Waals surface area contributed by atoms with E-state index in [-0.39, 0.29) is 0 Å². The molecule has 0 saturated carbocycles. The van der Waals surface area contributed by atoms with Gasteiger partial charge >= 0.3 is 0 Å². The first kappa shape index (κ1) is 31.5. The van der Waals surface area contributed by atoms with E-state index in [4.69, 9.17) is 15.1 Å². The third kappa shape index (κ3) is 5.01. The Balaban J connectivity index is 1.13. The van der Waals surface area contributed by atoms with Crippen LogP contribution in [0, 0.1) is 5.41 Å². The molecule has 2 heterocycles. The number of ether oxygens (including phenoxy) is 1. The highest BCUT2D eigenvalue weighted by Crippen LogP contribution is 2.62. The van der Waals surface area contributed by atoms with Gasteiger partial charge in [0.1, 0.15) is 17.8 Å². The Labute approximate surface area is 313 Å². The van der Waals surface area contributed by atoms with Crippen LogP contribution < -0.4 is 4.74 Å². The smallest absolute Gasteiger partial charge is 0.163 e. The first-order valence-corrected chi connectivity index (χ1v) is 18.0. The van der Waals surface area contributed by atoms with Gasteiger partial charge in [-0.15, -0.1) is 0 Å². The fraction of sp³-hybridized carbons (Fsp3) is 0.0204. The molecule has 7 aromatic carbocycles. The third-order valence-electron chi connectivity index (χ3n) is 10.6. The van der Waals surface area contributed by atoms with Crippen molar-refractivity contribution in [3.8, 4) is 67.7 Å². The van der Waals surface area contributed by atoms with Crippen LogP contribution in [0.2, 0.25) is 0 Å². The standard InChI is InChI=1S/C49H32N4O/c50-27-9-11-32-10-8-14-36(28-32)38-24-26-46-44(30-38)49(41-17-6-4-15-39(41)40-16-5-7-18-42(40)49)43-29-37(23-25-45(43)54-46)33-19-21-35(22-20-33)48-52-31-51-47(53-48)34-12-2-1-3-13-34/h1-31,50H/b11-9-,50-27?. The molecule has 0 bridgehead atoms. The molecule has 1 aromatic heterocycles. The van der Waals surface area contributed by atoms with Crippen LogP contribution in [-0.2, 0) is 5.41 Å². The molecule has 0 saturated heterocycles. The van der Waals surface area contributed by atoms with E-state index in [9.17, 15) is 0 Å². The molecule has 254 valence electrons. The molecule has 0 fully saturated rings. The van der Waals surface area contributed by atoms with Crippen LogP contribution in [0.15, 0.2) is 176 Å². The topological polar surface area (TPSA) is 71.8 Å². The highest BCUT2D eigenvalue weighted by molar-refractivity contribution is 5.90. The largest absolute Gasteiger partial charge is 0.457 e. The molecule has 2 aliphatic rings. The maximum Gasteiger partial charge on any atom is 0.163 e. The molecule has 5 nitrogen and oxygen atoms in total. The summed E-state index contributed by atoms with van der Waals surface area (Å²) >= 11 is 0. The van der Waals surface area contributed by atoms with Crippen molar-refractivity contribution in [2.75, 3.05) is 0 Å². The second-order valence-electron chi connectivity index (χ2n) is 13.6. The van der Waals surface area contributed by atoms with E-state index >= 15 is 0 Å². The van der Waals surface area contributed by atoms with E-state index < -0.39 is 5.41 Å². The van der Waals surface area contributed by atoms with Crippen molar-refractivity contribution in [3.05, 3.63) is 204 Å². The van der Waals surface area contributed by atoms with E-state index in [0.717, 1.165) is 61.6 Å². The van der Waals surface area contributed by atoms with Crippen LogP contribution >= 0.6 is 0 Å². The number of aromatic nitrogens is 3. The van der Waals surface area contributed by atoms with Crippen LogP contribution in [0.25, 0.3) is 62.2 Å². The summed E-state index contributed by atoms with van der Waals surface area (Å²) in [5, 5.41) is 7.46. The van der Waals surface area contributed by atoms with Gasteiger partial charge in [0.25, 0.3) is 0 Å². The number of hydrogen-bond acceptors (Lipinski definition) is 5. The molecule has 5 heteroatoms. The van der Waals surface area contributed by atoms with Crippen molar-refractivity contribution < 1.29 is 4.74 Å². The van der Waals surface area contributed by atoms with Crippen LogP contribution in [0.1, 0.15) is 27.8 Å². The summed E-state index contributed by atoms with van der Waals surface area (Å²) in [7, 11) is 0. The van der Waals surface area contributed by atoms with Gasteiger partial charge in [-0.05, 0) is 86.5 Å². The maximum atomic E-state index is 7.46. The van der Waals surface area contributed by atoms with Gasteiger partial charge in [0.2, 0.25) is 0 Å². The fourth-order valence-corrected chi connectivity index (χ4v) is 8.22. The minimum atomic E-state index is -0.613. The molecule has 0 unspecified atom stereocenters. The van der Waals surface area contributed by atoms with Crippen molar-refractivity contribution in [2.24, 2.45) is 0 Å². The third-order valence-corrected chi connectivity index (χ3v) is 10.6. The van der Waals surface area contributed by atoms with Gasteiger partial charge in [-0.3, -0.25) is 0 Å². The number of benzene rings is 7. The average molecular weight is 693 g/mol. The van der Waals surface area contributed by atoms with Crippen LogP contribution in [-0.4, -0.2) is 21.2 Å². The number of rotatable bonds is 6. The lowest BCUT2D eigenvalue weighted by Crippen LogP contribution is -2.32. The van der Waals surface area contributed by atoms with Gasteiger partial charge in [0.05, 0.1) is 5.41 Å². The van der Waals surface area contributed by atoms with Crippen molar-refractivity contribution in [2.45, 2.75) is 5.41 Å². The Kier molecular flexibility index (Phi) is 7.44. The lowest BCUT2D eigenvalue weighted by molar-refractivity contribution is 0.436. The van der Waals surface area contributed by atoms with E-state index in [1.807, 2.05) is 36.4 Å². The molecule has 8 aromatic rings. The van der Waals surface area contributed by atoms with Gasteiger partial charge in [-0.1, -0.05) is 140 Å². The maximum absolute atomic E-state index is 7.46. The Morgan fingerprint density at radius 3 is 1.63 bits per heavy atom. The molecule has 1 N–H and O–H groups in total. The lowest BCUT2D eigenvalue weighted by Gasteiger charge is -2.40. The van der Waals surface area contributed by atoms with Crippen LogP contribution in [0.4, 0.5) is 0 Å². The number of nitrogens with zero attached hydrogens (tertiary/aromatic N) is 3. The molecule has 0 radical (unpaired) electrons. The summed E-state index contributed by atoms with van der Waals surface area (Å²) in [6, 6.07) is 57.7. The van der Waals surface area contributed by atoms with Crippen molar-refractivity contribution in [3.63, 3.8) is 0 Å². The summed E-state index contributed by atoms with van der Waals surface area (Å²) in [6.45, 7) is 0. The predicted molar refractivity (Wildman–Crippen MR) is 217 cm³/mol. The monoisotopic (exact) mass is 692 g/mol. The van der Waals surface area contributed by atoms with E-state index in [1.165, 1.54) is 28.5 Å². The normalized spacial score (nSPS) is 13.1. The molecule has 1 aliphatic heterocycles. The van der Waals surface area contributed by atoms with Crippen molar-refractivity contribution >= 4 is 12.3 Å². The van der Waals surface area contributed by atoms with E-state index in [0.29, 0.717) is 11.6 Å². The second kappa shape index (κ2) is 12.8. The minimum absolute atomic E-state index is 0.613. The van der Waals surface area contributed by atoms with E-state index in [1.54, 1.807) is 12.4 Å². The van der Waals surface area contributed by atoms with E-state index in [2.05, 4.69) is 143 Å². The SMILES string of the molecule is N=C/C=C\c1cccc(-c2ccc3c(c2)C2(c4cc(-c5ccc(-c6ncnc(-c7ccccc7)n6)cc5)ccc4O3)c3ccccc3-c3ccccc32)c1. The number of allylic oxidation sites excluding steroid dienone is 1. The predicted octanol–water partition coefficient (Wildman–Crippen LogP) is 11.7. The molecular weight excluding hydrogens is 661 g/mol. The summed E-state index contributed by atoms with van der Waals surface area (Å²) in [6.07, 6.45) is 6.59. The van der Waals surface area contributed by atoms with Gasteiger partial charge < -0.3 is 10.1 Å². The molecule has 10 rings (SSSR count).